The predicted octanol–water partition coefficient (Wildman–Crippen LogP) is 3.63. The number of carbonyl (C=O) groups is 2. The van der Waals surface area contributed by atoms with Crippen LogP contribution in [0.15, 0.2) is 18.2 Å². The molecular formula is C25H35ClN4O4. The Bertz CT molecular complexity index is 975. The van der Waals surface area contributed by atoms with Gasteiger partial charge in [-0.3, -0.25) is 19.9 Å². The van der Waals surface area contributed by atoms with Gasteiger partial charge in [0.2, 0.25) is 11.8 Å². The number of benzene rings is 1. The minimum atomic E-state index is -0.455. The molecule has 8 nitrogen and oxygen atoms in total. The molecule has 9 heteroatoms. The SMILES string of the molecule is COCC[C@H](C1C[C@H]1C(=O)N[C@H]1CC(C)(C)Oc2cc(Cl)ccc21)N1C(=N)NC(C)(C)CC1=O. The van der Waals surface area contributed by atoms with E-state index in [1.807, 2.05) is 39.8 Å². The average Bonchev–Trinajstić information content (AvgIpc) is 3.48. The van der Waals surface area contributed by atoms with Crippen molar-refractivity contribution >= 4 is 29.4 Å². The molecule has 1 saturated carbocycles. The second kappa shape index (κ2) is 9.04. The molecule has 0 aromatic heterocycles. The van der Waals surface area contributed by atoms with Crippen molar-refractivity contribution in [2.24, 2.45) is 11.8 Å². The molecule has 0 spiro atoms. The summed E-state index contributed by atoms with van der Waals surface area (Å²) in [5.74, 6) is 0.461. The molecule has 2 heterocycles. The molecule has 1 saturated heterocycles. The van der Waals surface area contributed by atoms with E-state index in [1.165, 1.54) is 4.90 Å². The molecule has 1 aromatic carbocycles. The molecular weight excluding hydrogens is 456 g/mol. The van der Waals surface area contributed by atoms with Crippen LogP contribution in [0.2, 0.25) is 5.02 Å². The third-order valence-corrected chi connectivity index (χ3v) is 7.16. The first-order valence-corrected chi connectivity index (χ1v) is 12.3. The van der Waals surface area contributed by atoms with Crippen LogP contribution in [0.3, 0.4) is 0 Å². The summed E-state index contributed by atoms with van der Waals surface area (Å²) >= 11 is 6.16. The Morgan fingerprint density at radius 3 is 2.79 bits per heavy atom. The topological polar surface area (TPSA) is 104 Å². The third-order valence-electron chi connectivity index (χ3n) is 6.93. The highest BCUT2D eigenvalue weighted by molar-refractivity contribution is 6.30. The van der Waals surface area contributed by atoms with Crippen LogP contribution < -0.4 is 15.4 Å². The van der Waals surface area contributed by atoms with Gasteiger partial charge in [-0.2, -0.15) is 0 Å². The summed E-state index contributed by atoms with van der Waals surface area (Å²) in [6.07, 6.45) is 2.21. The smallest absolute Gasteiger partial charge is 0.231 e. The van der Waals surface area contributed by atoms with Gasteiger partial charge in [0, 0.05) is 54.6 Å². The number of carbonyl (C=O) groups excluding carboxylic acids is 2. The molecule has 3 aliphatic rings. The highest BCUT2D eigenvalue weighted by Gasteiger charge is 2.53. The van der Waals surface area contributed by atoms with Gasteiger partial charge in [-0.25, -0.2) is 0 Å². The van der Waals surface area contributed by atoms with Crippen molar-refractivity contribution in [3.8, 4) is 5.75 Å². The number of guanidine groups is 1. The highest BCUT2D eigenvalue weighted by Crippen LogP contribution is 2.47. The first kappa shape index (κ1) is 24.8. The molecule has 3 N–H and O–H groups in total. The van der Waals surface area contributed by atoms with Gasteiger partial charge in [0.1, 0.15) is 11.4 Å². The lowest BCUT2D eigenvalue weighted by molar-refractivity contribution is -0.133. The van der Waals surface area contributed by atoms with E-state index in [1.54, 1.807) is 13.2 Å². The van der Waals surface area contributed by atoms with E-state index in [0.29, 0.717) is 43.1 Å². The number of ether oxygens (including phenoxy) is 2. The molecule has 34 heavy (non-hydrogen) atoms. The molecule has 0 bridgehead atoms. The number of halogens is 1. The second-order valence-electron chi connectivity index (χ2n) is 11.0. The molecule has 2 aliphatic heterocycles. The quantitative estimate of drug-likeness (QED) is 0.541. The van der Waals surface area contributed by atoms with Crippen molar-refractivity contribution in [2.75, 3.05) is 13.7 Å². The number of nitrogens with one attached hydrogen (secondary N) is 3. The minimum absolute atomic E-state index is 0.0139. The Morgan fingerprint density at radius 1 is 1.38 bits per heavy atom. The van der Waals surface area contributed by atoms with Crippen LogP contribution in [0.4, 0.5) is 0 Å². The molecule has 2 fully saturated rings. The number of fused-ring (bicyclic) bond motifs is 1. The summed E-state index contributed by atoms with van der Waals surface area (Å²) in [5, 5.41) is 15.4. The summed E-state index contributed by atoms with van der Waals surface area (Å²) in [6.45, 7) is 8.28. The van der Waals surface area contributed by atoms with Gasteiger partial charge in [0.15, 0.2) is 5.96 Å². The Labute approximate surface area is 206 Å². The van der Waals surface area contributed by atoms with Crippen LogP contribution in [0.25, 0.3) is 0 Å². The number of hydrogen-bond donors (Lipinski definition) is 3. The Kier molecular flexibility index (Phi) is 6.59. The molecule has 2 amide bonds. The van der Waals surface area contributed by atoms with E-state index >= 15 is 0 Å². The maximum Gasteiger partial charge on any atom is 0.231 e. The van der Waals surface area contributed by atoms with Crippen molar-refractivity contribution in [1.82, 2.24) is 15.5 Å². The van der Waals surface area contributed by atoms with Gasteiger partial charge in [0.25, 0.3) is 0 Å². The van der Waals surface area contributed by atoms with Gasteiger partial charge in [-0.15, -0.1) is 0 Å². The summed E-state index contributed by atoms with van der Waals surface area (Å²) in [7, 11) is 1.62. The zero-order valence-corrected chi connectivity index (χ0v) is 21.3. The van der Waals surface area contributed by atoms with E-state index in [-0.39, 0.29) is 41.7 Å². The molecule has 1 unspecified atom stereocenters. The summed E-state index contributed by atoms with van der Waals surface area (Å²) in [5.41, 5.74) is 0.0284. The molecule has 4 rings (SSSR count). The van der Waals surface area contributed by atoms with Crippen LogP contribution in [-0.4, -0.2) is 53.6 Å². The number of rotatable bonds is 7. The standard InChI is InChI=1S/C25H35ClN4O4/c1-24(2)13-21(31)30(23(27)29-24)19(8-9-33-5)16-11-17(16)22(32)28-18-12-25(3,4)34-20-10-14(26)6-7-15(18)20/h6-7,10,16-19H,8-9,11-13H2,1-5H3,(H2,27,29)(H,28,32)/t16?,17-,18+,19-/m1/s1. The summed E-state index contributed by atoms with van der Waals surface area (Å²) in [4.78, 5) is 27.8. The van der Waals surface area contributed by atoms with Crippen molar-refractivity contribution in [2.45, 2.75) is 76.6 Å². The zero-order valence-electron chi connectivity index (χ0n) is 20.5. The van der Waals surface area contributed by atoms with Crippen molar-refractivity contribution in [1.29, 1.82) is 5.41 Å². The third kappa shape index (κ3) is 5.18. The highest BCUT2D eigenvalue weighted by atomic mass is 35.5. The zero-order chi connectivity index (χ0) is 24.8. The van der Waals surface area contributed by atoms with Crippen LogP contribution in [0.1, 0.15) is 65.0 Å². The fourth-order valence-corrected chi connectivity index (χ4v) is 5.47. The first-order chi connectivity index (χ1) is 15.9. The first-order valence-electron chi connectivity index (χ1n) is 11.9. The van der Waals surface area contributed by atoms with Crippen molar-refractivity contribution in [3.05, 3.63) is 28.8 Å². The maximum atomic E-state index is 13.3. The largest absolute Gasteiger partial charge is 0.487 e. The maximum absolute atomic E-state index is 13.3. The average molecular weight is 491 g/mol. The van der Waals surface area contributed by atoms with Crippen molar-refractivity contribution in [3.63, 3.8) is 0 Å². The number of hydrogen-bond acceptors (Lipinski definition) is 5. The van der Waals surface area contributed by atoms with Gasteiger partial charge in [-0.1, -0.05) is 17.7 Å². The molecule has 1 aliphatic carbocycles. The van der Waals surface area contributed by atoms with Crippen LogP contribution in [0, 0.1) is 17.2 Å². The lowest BCUT2D eigenvalue weighted by Crippen LogP contribution is -2.63. The minimum Gasteiger partial charge on any atom is -0.487 e. The van der Waals surface area contributed by atoms with Crippen LogP contribution in [-0.2, 0) is 14.3 Å². The number of methoxy groups -OCH3 is 1. The van der Waals surface area contributed by atoms with Gasteiger partial charge in [0.05, 0.1) is 6.04 Å². The normalized spacial score (nSPS) is 27.8. The predicted molar refractivity (Wildman–Crippen MR) is 130 cm³/mol. The molecule has 186 valence electrons. The van der Waals surface area contributed by atoms with Gasteiger partial charge < -0.3 is 20.1 Å². The number of amides is 2. The van der Waals surface area contributed by atoms with Gasteiger partial charge in [-0.05, 0) is 58.6 Å². The van der Waals surface area contributed by atoms with Crippen LogP contribution in [0.5, 0.6) is 5.75 Å². The van der Waals surface area contributed by atoms with Crippen LogP contribution >= 0.6 is 11.6 Å². The summed E-state index contributed by atoms with van der Waals surface area (Å²) < 4.78 is 11.4. The number of nitrogens with zero attached hydrogens (tertiary/aromatic N) is 1. The van der Waals surface area contributed by atoms with E-state index in [0.717, 1.165) is 5.56 Å². The Hall–Kier alpha value is -2.32. The molecule has 0 radical (unpaired) electrons. The van der Waals surface area contributed by atoms with E-state index in [2.05, 4.69) is 10.6 Å². The van der Waals surface area contributed by atoms with E-state index < -0.39 is 11.1 Å². The lowest BCUT2D eigenvalue weighted by atomic mass is 9.89. The van der Waals surface area contributed by atoms with Crippen molar-refractivity contribution < 1.29 is 19.1 Å². The van der Waals surface area contributed by atoms with E-state index in [9.17, 15) is 9.59 Å². The monoisotopic (exact) mass is 490 g/mol. The summed E-state index contributed by atoms with van der Waals surface area (Å²) in [6, 6.07) is 5.07. The Morgan fingerprint density at radius 2 is 2.12 bits per heavy atom. The Balaban J connectivity index is 1.48. The molecule has 1 aromatic rings. The fourth-order valence-electron chi connectivity index (χ4n) is 5.31. The second-order valence-corrected chi connectivity index (χ2v) is 11.4. The van der Waals surface area contributed by atoms with E-state index in [4.69, 9.17) is 26.5 Å². The van der Waals surface area contributed by atoms with Gasteiger partial charge >= 0.3 is 0 Å². The fraction of sp³-hybridized carbons (Fsp3) is 0.640. The molecule has 4 atom stereocenters. The lowest BCUT2D eigenvalue weighted by Gasteiger charge is -2.42.